The molecule has 0 bridgehead atoms. The molecule has 0 atom stereocenters. The van der Waals surface area contributed by atoms with Crippen molar-refractivity contribution in [2.75, 3.05) is 47.9 Å². The van der Waals surface area contributed by atoms with Gasteiger partial charge in [-0.15, -0.1) is 20.4 Å². The normalized spacial score (nSPS) is 11.3. The third kappa shape index (κ3) is 22.8. The minimum atomic E-state index is -0.397. The van der Waals surface area contributed by atoms with Crippen molar-refractivity contribution in [2.24, 2.45) is 0 Å². The Labute approximate surface area is 708 Å². The highest BCUT2D eigenvalue weighted by Gasteiger charge is 2.21. The standard InChI is InChI=1S/C25H27FN8O.C18H13FN6O2.C18H15FN6.C18H13FN4O.C6H8N2.2CO2/c1-17-19(26)7-8-21(29-17)23-31-24(22-6-5-14-34(22)32-23)30-20-9-10-27-16-18(20)25(35)28-11-15-33-12-3-2-4-13-33;1-11-12(19)4-5-14(21-11)17-23-18(15-3-2-8-25(15)24-17)22-13-6-7-20-9-16(13)27-10-26;1-11-10-20-8-7-14(11)22-18-16-4-3-9-25(16)24-17(23-18)15-6-5-13(19)12(2)21-15;1-12-14(19)9-10-15(20-12)17-21-18(16-8-5-11-23(16)22-17)24-13-6-3-2-4-7-13;1-5-4-8-3-2-6(5)7;2*2-1-3/h5-10,14,16H,2-4,11-13,15H2,1H3,(H,28,35)(H,27,30,31,32);2-10H,1H3,(H,20,22,23,24);3-10H,1-2H3,(H,20,22,23,24);2-11H,1H3;2-4H,1H3,(H2,7,8);;. The topological polar surface area (TPSA) is 422 Å². The minimum absolute atomic E-state index is 0.200. The Morgan fingerprint density at radius 1 is 0.440 bits per heavy atom. The van der Waals surface area contributed by atoms with Gasteiger partial charge in [0, 0.05) is 92.6 Å². The molecule has 16 aromatic heterocycles. The van der Waals surface area contributed by atoms with E-state index in [0.717, 1.165) is 58.7 Å². The number of carbonyl (C=O) groups excluding carboxylic acids is 6. The molecule has 18 rings (SSSR count). The fourth-order valence-corrected chi connectivity index (χ4v) is 12.2. The molecule has 6 N–H and O–H groups in total. The van der Waals surface area contributed by atoms with Crippen molar-refractivity contribution in [2.45, 2.75) is 60.8 Å². The number of aryl methyl sites for hydroxylation is 6. The summed E-state index contributed by atoms with van der Waals surface area (Å²) < 4.78 is 71.7. The number of pyridine rings is 8. The lowest BCUT2D eigenvalue weighted by Gasteiger charge is -2.26. The van der Waals surface area contributed by atoms with Crippen LogP contribution in [0.5, 0.6) is 17.4 Å². The van der Waals surface area contributed by atoms with Crippen LogP contribution in [0.15, 0.2) is 226 Å². The lowest BCUT2D eigenvalue weighted by Crippen LogP contribution is -2.37. The first-order valence-corrected chi connectivity index (χ1v) is 38.2. The van der Waals surface area contributed by atoms with Gasteiger partial charge < -0.3 is 41.4 Å². The lowest BCUT2D eigenvalue weighted by molar-refractivity contribution is -0.193. The maximum atomic E-state index is 13.7. The van der Waals surface area contributed by atoms with E-state index in [9.17, 15) is 27.2 Å². The van der Waals surface area contributed by atoms with Crippen molar-refractivity contribution >= 4 is 87.0 Å². The fourth-order valence-electron chi connectivity index (χ4n) is 12.2. The number of halogens is 4. The summed E-state index contributed by atoms with van der Waals surface area (Å²) in [5.74, 6) is 2.70. The van der Waals surface area contributed by atoms with Gasteiger partial charge in [-0.1, -0.05) is 24.6 Å². The Bertz CT molecular complexity index is 6670. The Morgan fingerprint density at radius 3 is 1.26 bits per heavy atom. The number of carbonyl (C=O) groups is 2. The summed E-state index contributed by atoms with van der Waals surface area (Å²) >= 11 is 0. The largest absolute Gasteiger partial charge is 0.437 e. The van der Waals surface area contributed by atoms with E-state index in [0.29, 0.717) is 122 Å². The van der Waals surface area contributed by atoms with Gasteiger partial charge in [-0.3, -0.25) is 29.5 Å². The number of hydrogen-bond acceptors (Lipinski definition) is 29. The maximum absolute atomic E-state index is 13.7. The number of hydrogen-bond donors (Lipinski definition) is 5. The number of rotatable bonds is 18. The van der Waals surface area contributed by atoms with Gasteiger partial charge in [-0.25, -0.2) is 70.5 Å². The molecule has 0 spiro atoms. The van der Waals surface area contributed by atoms with E-state index >= 15 is 0 Å². The zero-order valence-corrected chi connectivity index (χ0v) is 67.6. The predicted octanol–water partition coefficient (Wildman–Crippen LogP) is 14.0. The Morgan fingerprint density at radius 2 is 0.832 bits per heavy atom. The highest BCUT2D eigenvalue weighted by Crippen LogP contribution is 2.33. The summed E-state index contributed by atoms with van der Waals surface area (Å²) in [6.45, 7) is 14.2. The summed E-state index contributed by atoms with van der Waals surface area (Å²) in [6.07, 6.45) is 24.5. The van der Waals surface area contributed by atoms with Crippen LogP contribution < -0.4 is 36.5 Å². The average Bonchev–Trinajstić information content (AvgIpc) is 1.75. The molecule has 0 radical (unpaired) electrons. The number of aromatic nitrogens is 20. The van der Waals surface area contributed by atoms with Crippen molar-refractivity contribution in [3.8, 4) is 63.5 Å². The van der Waals surface area contributed by atoms with Crippen molar-refractivity contribution < 1.29 is 55.8 Å². The first kappa shape index (κ1) is 87.6. The average molecular weight is 1690 g/mol. The van der Waals surface area contributed by atoms with E-state index in [1.807, 2.05) is 105 Å². The maximum Gasteiger partial charge on any atom is 0.373 e. The Balaban J connectivity index is 0.000000145. The molecule has 38 heteroatoms. The second-order valence-corrected chi connectivity index (χ2v) is 27.0. The van der Waals surface area contributed by atoms with Crippen LogP contribution in [0.3, 0.4) is 0 Å². The quantitative estimate of drug-likeness (QED) is 0.0393. The number of nitrogen functional groups attached to an aromatic ring is 1. The fraction of sp³-hybridized carbons (Fsp3) is 0.149. The molecule has 17 aromatic rings. The van der Waals surface area contributed by atoms with Gasteiger partial charge >= 0.3 is 12.3 Å². The molecular weight excluding hydrogens is 1610 g/mol. The third-order valence-corrected chi connectivity index (χ3v) is 18.5. The van der Waals surface area contributed by atoms with Crippen LogP contribution in [-0.4, -0.2) is 154 Å². The highest BCUT2D eigenvalue weighted by atomic mass is 19.1. The van der Waals surface area contributed by atoms with Gasteiger partial charge in [0.1, 0.15) is 73.9 Å². The zero-order chi connectivity index (χ0) is 88.3. The molecule has 0 saturated carbocycles. The molecule has 0 unspecified atom stereocenters. The van der Waals surface area contributed by atoms with Crippen LogP contribution in [0.1, 0.15) is 63.5 Å². The van der Waals surface area contributed by atoms with E-state index in [1.165, 1.54) is 55.8 Å². The highest BCUT2D eigenvalue weighted by molar-refractivity contribution is 6.00. The number of piperidine rings is 1. The van der Waals surface area contributed by atoms with Crippen LogP contribution in [-0.2, 0) is 24.0 Å². The molecule has 0 aliphatic carbocycles. The molecule has 1 amide bonds. The van der Waals surface area contributed by atoms with Crippen LogP contribution >= 0.6 is 0 Å². The van der Waals surface area contributed by atoms with Crippen LogP contribution in [0.2, 0.25) is 0 Å². The lowest BCUT2D eigenvalue weighted by atomic mass is 10.1. The third-order valence-electron chi connectivity index (χ3n) is 18.5. The zero-order valence-electron chi connectivity index (χ0n) is 67.6. The van der Waals surface area contributed by atoms with E-state index in [2.05, 4.69) is 106 Å². The smallest absolute Gasteiger partial charge is 0.373 e. The monoisotopic (exact) mass is 1690 g/mol. The summed E-state index contributed by atoms with van der Waals surface area (Å²) in [4.78, 5) is 110. The summed E-state index contributed by atoms with van der Waals surface area (Å²) in [5, 5.41) is 30.5. The molecule has 125 heavy (non-hydrogen) atoms. The van der Waals surface area contributed by atoms with Crippen LogP contribution in [0.25, 0.3) is 68.1 Å². The molecule has 1 aliphatic rings. The number of nitrogens with zero attached hydrogens (tertiary/aromatic N) is 21. The minimum Gasteiger partial charge on any atom is -0.437 e. The van der Waals surface area contributed by atoms with Gasteiger partial charge in [0.05, 0.1) is 45.9 Å². The summed E-state index contributed by atoms with van der Waals surface area (Å²) in [6, 6.07) is 43.0. The first-order valence-electron chi connectivity index (χ1n) is 38.2. The molecule has 34 nitrogen and oxygen atoms in total. The molecule has 1 aromatic carbocycles. The SMILES string of the molecule is Cc1cnccc1N.Cc1cnccc1Nc1nc(-c2ccc(F)c(C)n2)nn2cccc12.Cc1nc(-c2nc(Nc3ccncc3C(=O)NCCN3CCCCC3)c3cccn3n2)ccc1F.Cc1nc(-c2nc(Nc3ccncc3OC=O)c3cccn3n2)ccc1F.Cc1nc(-c2nc(Oc3ccccc3)c3cccn3n2)ccc1F.O=C=O.O=C=O. The molecule has 630 valence electrons. The Hall–Kier alpha value is -16.7. The number of likely N-dealkylation sites (tertiary alicyclic amines) is 1. The van der Waals surface area contributed by atoms with E-state index in [4.69, 9.17) is 34.4 Å². The molecule has 1 fully saturated rings. The molecule has 1 aliphatic heterocycles. The number of benzene rings is 1. The number of ether oxygens (including phenoxy) is 2. The number of para-hydroxylation sites is 1. The van der Waals surface area contributed by atoms with E-state index in [-0.39, 0.29) is 52.8 Å². The molecule has 1 saturated heterocycles. The van der Waals surface area contributed by atoms with Crippen molar-refractivity contribution in [1.29, 1.82) is 0 Å². The number of fused-ring (bicyclic) bond motifs is 4. The van der Waals surface area contributed by atoms with Gasteiger partial charge in [-0.05, 0) is 212 Å². The number of amides is 1. The van der Waals surface area contributed by atoms with Crippen molar-refractivity contribution in [1.82, 2.24) is 108 Å². The number of nitrogens with one attached hydrogen (secondary N) is 4. The summed E-state index contributed by atoms with van der Waals surface area (Å²) in [5.41, 5.74) is 16.8. The molecule has 17 heterocycles. The number of anilines is 7. The number of nitrogens with two attached hydrogens (primary N) is 1. The van der Waals surface area contributed by atoms with Gasteiger partial charge in [0.2, 0.25) is 29.2 Å². The van der Waals surface area contributed by atoms with Gasteiger partial charge in [0.15, 0.2) is 23.2 Å². The van der Waals surface area contributed by atoms with Crippen molar-refractivity contribution in [3.05, 3.63) is 289 Å². The van der Waals surface area contributed by atoms with Gasteiger partial charge in [0.25, 0.3) is 12.4 Å². The second kappa shape index (κ2) is 42.3. The predicted molar refractivity (Wildman–Crippen MR) is 450 cm³/mol. The van der Waals surface area contributed by atoms with Crippen LogP contribution in [0.4, 0.5) is 57.8 Å². The molecular formula is C87H76F4N26O8. The van der Waals surface area contributed by atoms with E-state index in [1.54, 1.807) is 144 Å². The Kier molecular flexibility index (Phi) is 29.6. The van der Waals surface area contributed by atoms with E-state index < -0.39 is 5.82 Å². The van der Waals surface area contributed by atoms with Crippen molar-refractivity contribution in [3.63, 3.8) is 0 Å². The van der Waals surface area contributed by atoms with Crippen LogP contribution in [0, 0.1) is 64.8 Å². The second-order valence-electron chi connectivity index (χ2n) is 27.0. The summed E-state index contributed by atoms with van der Waals surface area (Å²) in [7, 11) is 0. The first-order chi connectivity index (χ1) is 60.7. The van der Waals surface area contributed by atoms with Gasteiger partial charge in [-0.2, -0.15) is 24.2 Å².